The molecule has 3 aromatic rings. The van der Waals surface area contributed by atoms with Gasteiger partial charge in [-0.1, -0.05) is 24.3 Å². The highest BCUT2D eigenvalue weighted by Gasteiger charge is 2.12. The molecule has 0 radical (unpaired) electrons. The molecular formula is C25H28N4O3. The summed E-state index contributed by atoms with van der Waals surface area (Å²) in [7, 11) is 1.75. The second-order valence-electron chi connectivity index (χ2n) is 7.61. The summed E-state index contributed by atoms with van der Waals surface area (Å²) in [6.45, 7) is 2.48. The minimum Gasteiger partial charge on any atom is -0.493 e. The van der Waals surface area contributed by atoms with Gasteiger partial charge in [0.1, 0.15) is 11.5 Å². The number of nitrogens with zero attached hydrogens (tertiary/aromatic N) is 1. The summed E-state index contributed by atoms with van der Waals surface area (Å²) in [5.41, 5.74) is 4.18. The van der Waals surface area contributed by atoms with E-state index in [-0.39, 0.29) is 5.91 Å². The molecule has 1 aromatic heterocycles. The normalized spacial score (nSPS) is 12.7. The van der Waals surface area contributed by atoms with E-state index < -0.39 is 0 Å². The van der Waals surface area contributed by atoms with E-state index >= 15 is 0 Å². The zero-order valence-electron chi connectivity index (χ0n) is 18.2. The van der Waals surface area contributed by atoms with Crippen molar-refractivity contribution in [2.75, 3.05) is 20.2 Å². The van der Waals surface area contributed by atoms with Crippen molar-refractivity contribution in [3.8, 4) is 5.75 Å². The summed E-state index contributed by atoms with van der Waals surface area (Å²) in [5, 5.41) is 9.52. The Morgan fingerprint density at radius 1 is 1.00 bits per heavy atom. The van der Waals surface area contributed by atoms with Crippen molar-refractivity contribution in [3.63, 3.8) is 0 Å². The minimum atomic E-state index is -0.134. The maximum atomic E-state index is 12.4. The molecule has 32 heavy (non-hydrogen) atoms. The molecule has 4 rings (SSSR count). The third-order valence-corrected chi connectivity index (χ3v) is 5.34. The van der Waals surface area contributed by atoms with Crippen LogP contribution in [-0.4, -0.2) is 32.1 Å². The van der Waals surface area contributed by atoms with Gasteiger partial charge in [-0.3, -0.25) is 9.79 Å². The maximum Gasteiger partial charge on any atom is 0.251 e. The highest BCUT2D eigenvalue weighted by Crippen LogP contribution is 2.25. The Morgan fingerprint density at radius 3 is 2.78 bits per heavy atom. The Kier molecular flexibility index (Phi) is 7.07. The lowest BCUT2D eigenvalue weighted by atomic mass is 10.1. The molecule has 1 aliphatic heterocycles. The Bertz CT molecular complexity index is 1080. The number of amides is 1. The summed E-state index contributed by atoms with van der Waals surface area (Å²) in [5.74, 6) is 2.32. The first-order valence-corrected chi connectivity index (χ1v) is 10.8. The molecule has 2 aromatic carbocycles. The van der Waals surface area contributed by atoms with Gasteiger partial charge >= 0.3 is 0 Å². The number of carbonyl (C=O) groups is 1. The number of nitrogens with one attached hydrogen (secondary N) is 3. The van der Waals surface area contributed by atoms with Crippen LogP contribution in [0.4, 0.5) is 0 Å². The van der Waals surface area contributed by atoms with Crippen molar-refractivity contribution < 1.29 is 13.9 Å². The van der Waals surface area contributed by atoms with Crippen LogP contribution in [0.1, 0.15) is 32.8 Å². The molecule has 0 saturated carbocycles. The van der Waals surface area contributed by atoms with Gasteiger partial charge in [0.2, 0.25) is 0 Å². The first-order chi connectivity index (χ1) is 15.7. The number of aliphatic imine (C=N–C) groups is 1. The molecule has 7 heteroatoms. The highest BCUT2D eigenvalue weighted by molar-refractivity contribution is 5.94. The van der Waals surface area contributed by atoms with E-state index in [0.29, 0.717) is 18.7 Å². The van der Waals surface area contributed by atoms with Crippen LogP contribution < -0.4 is 20.7 Å². The molecule has 0 spiro atoms. The summed E-state index contributed by atoms with van der Waals surface area (Å²) >= 11 is 0. The first-order valence-electron chi connectivity index (χ1n) is 10.8. The van der Waals surface area contributed by atoms with Crippen LogP contribution in [0.25, 0.3) is 0 Å². The van der Waals surface area contributed by atoms with E-state index in [0.717, 1.165) is 49.0 Å². The first kappa shape index (κ1) is 21.5. The van der Waals surface area contributed by atoms with E-state index in [2.05, 4.69) is 39.1 Å². The lowest BCUT2D eigenvalue weighted by Gasteiger charge is -2.13. The summed E-state index contributed by atoms with van der Waals surface area (Å²) in [4.78, 5) is 16.7. The fourth-order valence-corrected chi connectivity index (χ4v) is 3.63. The van der Waals surface area contributed by atoms with Gasteiger partial charge in [-0.15, -0.1) is 0 Å². The largest absolute Gasteiger partial charge is 0.493 e. The molecule has 1 amide bonds. The Morgan fingerprint density at radius 2 is 1.94 bits per heavy atom. The number of hydrogen-bond acceptors (Lipinski definition) is 4. The monoisotopic (exact) mass is 432 g/mol. The average molecular weight is 433 g/mol. The highest BCUT2D eigenvalue weighted by atomic mass is 16.5. The summed E-state index contributed by atoms with van der Waals surface area (Å²) in [6.07, 6.45) is 3.48. The molecule has 0 aliphatic carbocycles. The summed E-state index contributed by atoms with van der Waals surface area (Å²) in [6, 6.07) is 17.6. The molecule has 3 N–H and O–H groups in total. The van der Waals surface area contributed by atoms with E-state index in [1.807, 2.05) is 24.3 Å². The van der Waals surface area contributed by atoms with Crippen molar-refractivity contribution in [2.24, 2.45) is 4.99 Å². The predicted molar refractivity (Wildman–Crippen MR) is 124 cm³/mol. The van der Waals surface area contributed by atoms with Gasteiger partial charge in [0.15, 0.2) is 5.96 Å². The van der Waals surface area contributed by atoms with E-state index in [1.54, 1.807) is 25.4 Å². The van der Waals surface area contributed by atoms with E-state index in [9.17, 15) is 4.79 Å². The topological polar surface area (TPSA) is 87.9 Å². The number of guanidine groups is 1. The molecule has 0 unspecified atom stereocenters. The van der Waals surface area contributed by atoms with Gasteiger partial charge in [-0.25, -0.2) is 0 Å². The predicted octanol–water partition coefficient (Wildman–Crippen LogP) is 3.05. The zero-order chi connectivity index (χ0) is 22.2. The van der Waals surface area contributed by atoms with Crippen LogP contribution in [-0.2, 0) is 25.9 Å². The van der Waals surface area contributed by atoms with Crippen LogP contribution in [0.3, 0.4) is 0 Å². The van der Waals surface area contributed by atoms with Gasteiger partial charge < -0.3 is 25.1 Å². The molecule has 0 saturated heterocycles. The number of benzene rings is 2. The molecule has 0 bridgehead atoms. The molecule has 1 aliphatic rings. The molecule has 0 atom stereocenters. The lowest BCUT2D eigenvalue weighted by Crippen LogP contribution is -2.37. The molecule has 166 valence electrons. The van der Waals surface area contributed by atoms with Crippen LogP contribution in [0.5, 0.6) is 5.75 Å². The molecular weight excluding hydrogens is 404 g/mol. The second kappa shape index (κ2) is 10.5. The van der Waals surface area contributed by atoms with E-state index in [1.165, 1.54) is 11.1 Å². The Balaban J connectivity index is 1.24. The maximum absolute atomic E-state index is 12.4. The van der Waals surface area contributed by atoms with Gasteiger partial charge in [0.05, 0.1) is 19.4 Å². The van der Waals surface area contributed by atoms with Gasteiger partial charge in [-0.2, -0.15) is 0 Å². The minimum absolute atomic E-state index is 0.134. The van der Waals surface area contributed by atoms with Gasteiger partial charge in [-0.05, 0) is 53.4 Å². The smallest absolute Gasteiger partial charge is 0.251 e. The number of rotatable bonds is 8. The fraction of sp³-hybridized carbons (Fsp3) is 0.280. The third-order valence-electron chi connectivity index (χ3n) is 5.34. The number of hydrogen-bond donors (Lipinski definition) is 3. The van der Waals surface area contributed by atoms with Crippen molar-refractivity contribution in [2.45, 2.75) is 25.9 Å². The lowest BCUT2D eigenvalue weighted by molar-refractivity contribution is 0.0948. The Hall–Kier alpha value is -3.74. The van der Waals surface area contributed by atoms with Gasteiger partial charge in [0, 0.05) is 32.1 Å². The molecule has 0 fully saturated rings. The number of fused-ring (bicyclic) bond motifs is 1. The van der Waals surface area contributed by atoms with Crippen LogP contribution >= 0.6 is 0 Å². The summed E-state index contributed by atoms with van der Waals surface area (Å²) < 4.78 is 10.8. The molecule has 2 heterocycles. The Labute approximate surface area is 187 Å². The van der Waals surface area contributed by atoms with Gasteiger partial charge in [0.25, 0.3) is 5.91 Å². The molecule has 7 nitrogen and oxygen atoms in total. The number of furan rings is 1. The quantitative estimate of drug-likeness (QED) is 0.376. The number of ether oxygens (including phenoxy) is 1. The standard InChI is InChI=1S/C25H28N4O3/c1-26-25(27-11-9-18-7-8-23-20(14-18)10-13-32-23)29-16-19-4-2-5-21(15-19)24(30)28-17-22-6-3-12-31-22/h2-8,12,14-15H,9-11,13,16-17H2,1H3,(H,28,30)(H2,26,27,29). The van der Waals surface area contributed by atoms with Crippen molar-refractivity contribution in [3.05, 3.63) is 88.9 Å². The van der Waals surface area contributed by atoms with Crippen molar-refractivity contribution >= 4 is 11.9 Å². The van der Waals surface area contributed by atoms with Crippen LogP contribution in [0.15, 0.2) is 70.3 Å². The number of carbonyl (C=O) groups excluding carboxylic acids is 1. The zero-order valence-corrected chi connectivity index (χ0v) is 18.2. The van der Waals surface area contributed by atoms with Crippen molar-refractivity contribution in [1.82, 2.24) is 16.0 Å². The van der Waals surface area contributed by atoms with E-state index in [4.69, 9.17) is 9.15 Å². The van der Waals surface area contributed by atoms with Crippen molar-refractivity contribution in [1.29, 1.82) is 0 Å². The SMILES string of the molecule is CN=C(NCCc1ccc2c(c1)CCO2)NCc1cccc(C(=O)NCc2ccco2)c1. The fourth-order valence-electron chi connectivity index (χ4n) is 3.63. The van der Waals surface area contributed by atoms with Crippen LogP contribution in [0.2, 0.25) is 0 Å². The average Bonchev–Trinajstić information content (AvgIpc) is 3.51. The third kappa shape index (κ3) is 5.69. The second-order valence-corrected chi connectivity index (χ2v) is 7.61. The van der Waals surface area contributed by atoms with Crippen LogP contribution in [0, 0.1) is 0 Å².